The normalized spacial score (nSPS) is 24.0. The molecule has 3 nitrogen and oxygen atoms in total. The molecule has 72 valence electrons. The van der Waals surface area contributed by atoms with E-state index in [2.05, 4.69) is 34.8 Å². The predicted octanol–water partition coefficient (Wildman–Crippen LogP) is 1.32. The number of likely N-dealkylation sites (tertiary alicyclic amines) is 1. The molecule has 1 fully saturated rings. The van der Waals surface area contributed by atoms with Gasteiger partial charge in [-0.25, -0.2) is 0 Å². The molecular weight excluding hydrogens is 162 g/mol. The maximum atomic E-state index is 4.39. The highest BCUT2D eigenvalue weighted by molar-refractivity contribution is 5.04. The Kier molecular flexibility index (Phi) is 2.36. The number of nitrogens with zero attached hydrogens (tertiary/aromatic N) is 3. The van der Waals surface area contributed by atoms with Gasteiger partial charge in [-0.05, 0) is 32.0 Å². The van der Waals surface area contributed by atoms with E-state index >= 15 is 0 Å². The maximum Gasteiger partial charge on any atom is 0.0658 e. The van der Waals surface area contributed by atoms with Crippen LogP contribution in [0.5, 0.6) is 0 Å². The second kappa shape index (κ2) is 3.50. The molecule has 0 unspecified atom stereocenters. The van der Waals surface area contributed by atoms with E-state index in [0.717, 1.165) is 13.0 Å². The van der Waals surface area contributed by atoms with Gasteiger partial charge in [0, 0.05) is 12.7 Å². The minimum Gasteiger partial charge on any atom is -0.304 e. The van der Waals surface area contributed by atoms with Crippen molar-refractivity contribution in [2.75, 3.05) is 20.1 Å². The van der Waals surface area contributed by atoms with E-state index in [1.165, 1.54) is 18.5 Å². The minimum absolute atomic E-state index is 0.602. The Balaban J connectivity index is 2.08. The largest absolute Gasteiger partial charge is 0.304 e. The van der Waals surface area contributed by atoms with Gasteiger partial charge < -0.3 is 4.90 Å². The van der Waals surface area contributed by atoms with Crippen LogP contribution in [0, 0.1) is 0 Å². The monoisotopic (exact) mass is 179 g/mol. The second-order valence-corrected chi connectivity index (χ2v) is 3.89. The molecular formula is C10H17N3. The zero-order valence-electron chi connectivity index (χ0n) is 8.40. The smallest absolute Gasteiger partial charge is 0.0658 e. The first-order valence-corrected chi connectivity index (χ1v) is 5.01. The third-order valence-corrected chi connectivity index (χ3v) is 2.80. The summed E-state index contributed by atoms with van der Waals surface area (Å²) < 4.78 is 2.13. The van der Waals surface area contributed by atoms with E-state index in [1.807, 2.05) is 6.20 Å². The molecule has 1 aliphatic rings. The van der Waals surface area contributed by atoms with E-state index < -0.39 is 0 Å². The Labute approximate surface area is 79.3 Å². The fourth-order valence-electron chi connectivity index (χ4n) is 1.89. The molecule has 1 aromatic heterocycles. The van der Waals surface area contributed by atoms with Crippen LogP contribution in [0.25, 0.3) is 0 Å². The summed E-state index contributed by atoms with van der Waals surface area (Å²) in [5.41, 5.74) is 1.34. The summed E-state index contributed by atoms with van der Waals surface area (Å²) in [6.07, 6.45) is 6.49. The van der Waals surface area contributed by atoms with Crippen LogP contribution in [0.4, 0.5) is 0 Å². The fourth-order valence-corrected chi connectivity index (χ4v) is 1.89. The molecule has 1 saturated heterocycles. The summed E-state index contributed by atoms with van der Waals surface area (Å²) in [7, 11) is 2.17. The maximum absolute atomic E-state index is 4.39. The SMILES string of the molecule is CCc1cnn([C@H]2CCN(C)C2)c1. The molecule has 2 heterocycles. The van der Waals surface area contributed by atoms with Crippen LogP contribution in [-0.4, -0.2) is 34.8 Å². The van der Waals surface area contributed by atoms with E-state index in [1.54, 1.807) is 0 Å². The molecule has 1 aliphatic heterocycles. The van der Waals surface area contributed by atoms with Gasteiger partial charge in [0.2, 0.25) is 0 Å². The van der Waals surface area contributed by atoms with Crippen molar-refractivity contribution in [1.82, 2.24) is 14.7 Å². The van der Waals surface area contributed by atoms with Gasteiger partial charge >= 0.3 is 0 Å². The molecule has 0 aliphatic carbocycles. The lowest BCUT2D eigenvalue weighted by Gasteiger charge is -2.10. The topological polar surface area (TPSA) is 21.1 Å². The quantitative estimate of drug-likeness (QED) is 0.682. The zero-order chi connectivity index (χ0) is 9.26. The molecule has 0 aromatic carbocycles. The highest BCUT2D eigenvalue weighted by Crippen LogP contribution is 2.19. The van der Waals surface area contributed by atoms with Crippen molar-refractivity contribution >= 4 is 0 Å². The second-order valence-electron chi connectivity index (χ2n) is 3.89. The van der Waals surface area contributed by atoms with Crippen LogP contribution in [0.3, 0.4) is 0 Å². The molecule has 0 spiro atoms. The number of aryl methyl sites for hydroxylation is 1. The van der Waals surface area contributed by atoms with E-state index in [4.69, 9.17) is 0 Å². The molecule has 1 aromatic rings. The highest BCUT2D eigenvalue weighted by Gasteiger charge is 2.21. The van der Waals surface area contributed by atoms with Gasteiger partial charge in [-0.1, -0.05) is 6.92 Å². The van der Waals surface area contributed by atoms with Gasteiger partial charge in [-0.3, -0.25) is 4.68 Å². The summed E-state index contributed by atoms with van der Waals surface area (Å²) in [6, 6.07) is 0.602. The summed E-state index contributed by atoms with van der Waals surface area (Å²) in [5.74, 6) is 0. The van der Waals surface area contributed by atoms with Crippen molar-refractivity contribution in [1.29, 1.82) is 0 Å². The summed E-state index contributed by atoms with van der Waals surface area (Å²) in [6.45, 7) is 4.51. The first-order chi connectivity index (χ1) is 6.29. The molecule has 13 heavy (non-hydrogen) atoms. The Morgan fingerprint density at radius 3 is 3.00 bits per heavy atom. The third kappa shape index (κ3) is 1.75. The van der Waals surface area contributed by atoms with Crippen molar-refractivity contribution in [3.63, 3.8) is 0 Å². The predicted molar refractivity (Wildman–Crippen MR) is 52.8 cm³/mol. The molecule has 0 N–H and O–H groups in total. The summed E-state index contributed by atoms with van der Waals surface area (Å²) in [4.78, 5) is 2.36. The van der Waals surface area contributed by atoms with E-state index in [-0.39, 0.29) is 0 Å². The average molecular weight is 179 g/mol. The molecule has 1 atom stereocenters. The number of rotatable bonds is 2. The highest BCUT2D eigenvalue weighted by atomic mass is 15.3. The third-order valence-electron chi connectivity index (χ3n) is 2.80. The number of hydrogen-bond acceptors (Lipinski definition) is 2. The van der Waals surface area contributed by atoms with Gasteiger partial charge in [0.05, 0.1) is 12.2 Å². The van der Waals surface area contributed by atoms with Gasteiger partial charge in [0.25, 0.3) is 0 Å². The van der Waals surface area contributed by atoms with E-state index in [9.17, 15) is 0 Å². The van der Waals surface area contributed by atoms with Crippen molar-refractivity contribution in [2.45, 2.75) is 25.8 Å². The Hall–Kier alpha value is -0.830. The van der Waals surface area contributed by atoms with Crippen LogP contribution < -0.4 is 0 Å². The van der Waals surface area contributed by atoms with Gasteiger partial charge in [-0.2, -0.15) is 5.10 Å². The number of aromatic nitrogens is 2. The van der Waals surface area contributed by atoms with Gasteiger partial charge in [0.15, 0.2) is 0 Å². The van der Waals surface area contributed by atoms with Crippen LogP contribution in [-0.2, 0) is 6.42 Å². The van der Waals surface area contributed by atoms with Crippen LogP contribution >= 0.6 is 0 Å². The molecule has 2 rings (SSSR count). The van der Waals surface area contributed by atoms with Crippen molar-refractivity contribution in [3.05, 3.63) is 18.0 Å². The lowest BCUT2D eigenvalue weighted by molar-refractivity contribution is 0.382. The lowest BCUT2D eigenvalue weighted by atomic mass is 10.2. The number of likely N-dealkylation sites (N-methyl/N-ethyl adjacent to an activating group) is 1. The van der Waals surface area contributed by atoms with Gasteiger partial charge in [-0.15, -0.1) is 0 Å². The van der Waals surface area contributed by atoms with E-state index in [0.29, 0.717) is 6.04 Å². The summed E-state index contributed by atoms with van der Waals surface area (Å²) >= 11 is 0. The van der Waals surface area contributed by atoms with Crippen LogP contribution in [0.15, 0.2) is 12.4 Å². The minimum atomic E-state index is 0.602. The lowest BCUT2D eigenvalue weighted by Crippen LogP contribution is -2.16. The first kappa shape index (κ1) is 8.75. The Bertz CT molecular complexity index is 279. The molecule has 3 heteroatoms. The van der Waals surface area contributed by atoms with Gasteiger partial charge in [0.1, 0.15) is 0 Å². The average Bonchev–Trinajstić information content (AvgIpc) is 2.71. The summed E-state index contributed by atoms with van der Waals surface area (Å²) in [5, 5.41) is 4.39. The first-order valence-electron chi connectivity index (χ1n) is 5.01. The zero-order valence-corrected chi connectivity index (χ0v) is 8.40. The Morgan fingerprint density at radius 1 is 1.62 bits per heavy atom. The molecule has 0 radical (unpaired) electrons. The molecule has 0 amide bonds. The van der Waals surface area contributed by atoms with Crippen molar-refractivity contribution in [3.8, 4) is 0 Å². The standard InChI is InChI=1S/C10H17N3/c1-3-9-6-11-13(7-9)10-4-5-12(2)8-10/h6-7,10H,3-5,8H2,1-2H3/t10-/m0/s1. The number of hydrogen-bond donors (Lipinski definition) is 0. The van der Waals surface area contributed by atoms with Crippen molar-refractivity contribution < 1.29 is 0 Å². The molecule has 0 bridgehead atoms. The Morgan fingerprint density at radius 2 is 2.46 bits per heavy atom. The fraction of sp³-hybridized carbons (Fsp3) is 0.700. The van der Waals surface area contributed by atoms with Crippen LogP contribution in [0.1, 0.15) is 24.9 Å². The molecule has 0 saturated carbocycles. The van der Waals surface area contributed by atoms with Crippen molar-refractivity contribution in [2.24, 2.45) is 0 Å². The van der Waals surface area contributed by atoms with Crippen LogP contribution in [0.2, 0.25) is 0 Å².